The predicted octanol–water partition coefficient (Wildman–Crippen LogP) is 2.34. The summed E-state index contributed by atoms with van der Waals surface area (Å²) in [7, 11) is 0. The summed E-state index contributed by atoms with van der Waals surface area (Å²) in [6.45, 7) is 8.38. The van der Waals surface area contributed by atoms with Crippen molar-refractivity contribution in [1.82, 2.24) is 5.32 Å². The summed E-state index contributed by atoms with van der Waals surface area (Å²) < 4.78 is 0. The van der Waals surface area contributed by atoms with Gasteiger partial charge in [0.15, 0.2) is 0 Å². The first-order chi connectivity index (χ1) is 5.57. The van der Waals surface area contributed by atoms with Gasteiger partial charge < -0.3 is 5.32 Å². The minimum atomic E-state index is 0.193. The van der Waals surface area contributed by atoms with Crippen LogP contribution in [0.4, 0.5) is 0 Å². The Balaban J connectivity index is 3.54. The van der Waals surface area contributed by atoms with Crippen molar-refractivity contribution in [2.45, 2.75) is 53.0 Å². The van der Waals surface area contributed by atoms with Gasteiger partial charge in [0.25, 0.3) is 0 Å². The Hall–Kier alpha value is -0.530. The van der Waals surface area contributed by atoms with E-state index in [1.165, 1.54) is 0 Å². The van der Waals surface area contributed by atoms with Gasteiger partial charge in [-0.15, -0.1) is 0 Å². The number of hydrogen-bond donors (Lipinski definition) is 1. The Labute approximate surface area is 75.7 Å². The number of hydrogen-bond acceptors (Lipinski definition) is 1. The first-order valence-corrected chi connectivity index (χ1v) is 4.87. The highest BCUT2D eigenvalue weighted by atomic mass is 16.1. The molecule has 0 aliphatic heterocycles. The molecule has 1 N–H and O–H groups in total. The van der Waals surface area contributed by atoms with E-state index >= 15 is 0 Å². The van der Waals surface area contributed by atoms with Crippen LogP contribution in [0.1, 0.15) is 47.0 Å². The molecule has 0 radical (unpaired) electrons. The van der Waals surface area contributed by atoms with Gasteiger partial charge in [0.1, 0.15) is 0 Å². The molecular formula is C10H21NO. The van der Waals surface area contributed by atoms with Crippen LogP contribution < -0.4 is 5.32 Å². The third kappa shape index (κ3) is 5.16. The predicted molar refractivity (Wildman–Crippen MR) is 52.0 cm³/mol. The summed E-state index contributed by atoms with van der Waals surface area (Å²) >= 11 is 0. The lowest BCUT2D eigenvalue weighted by Crippen LogP contribution is -2.35. The van der Waals surface area contributed by atoms with E-state index in [0.717, 1.165) is 12.8 Å². The number of unbranched alkanes of at least 4 members (excludes halogenated alkanes) is 1. The minimum Gasteiger partial charge on any atom is -0.353 e. The summed E-state index contributed by atoms with van der Waals surface area (Å²) in [6, 6.07) is 0.300. The second-order valence-electron chi connectivity index (χ2n) is 3.70. The molecule has 0 rings (SSSR count). The number of carbonyl (C=O) groups excluding carboxylic acids is 1. The van der Waals surface area contributed by atoms with Gasteiger partial charge in [-0.2, -0.15) is 0 Å². The minimum absolute atomic E-state index is 0.193. The second kappa shape index (κ2) is 6.04. The Kier molecular flexibility index (Phi) is 5.77. The number of amides is 1. The molecule has 0 aliphatic carbocycles. The fourth-order valence-corrected chi connectivity index (χ4v) is 0.830. The monoisotopic (exact) mass is 171 g/mol. The van der Waals surface area contributed by atoms with Crippen LogP contribution in [0.25, 0.3) is 0 Å². The summed E-state index contributed by atoms with van der Waals surface area (Å²) in [5, 5.41) is 2.98. The van der Waals surface area contributed by atoms with Crippen molar-refractivity contribution in [3.63, 3.8) is 0 Å². The van der Waals surface area contributed by atoms with Gasteiger partial charge in [-0.3, -0.25) is 4.79 Å². The molecule has 0 bridgehead atoms. The van der Waals surface area contributed by atoms with Gasteiger partial charge in [-0.1, -0.05) is 27.2 Å². The molecule has 0 aliphatic rings. The van der Waals surface area contributed by atoms with Crippen LogP contribution in [0.3, 0.4) is 0 Å². The van der Waals surface area contributed by atoms with Crippen LogP contribution >= 0.6 is 0 Å². The molecule has 2 heteroatoms. The molecule has 0 heterocycles. The zero-order valence-corrected chi connectivity index (χ0v) is 8.68. The lowest BCUT2D eigenvalue weighted by atomic mass is 10.1. The van der Waals surface area contributed by atoms with Gasteiger partial charge in [-0.25, -0.2) is 0 Å². The van der Waals surface area contributed by atoms with Crippen LogP contribution in [-0.4, -0.2) is 11.9 Å². The van der Waals surface area contributed by atoms with Gasteiger partial charge in [-0.05, 0) is 19.3 Å². The van der Waals surface area contributed by atoms with Crippen molar-refractivity contribution in [1.29, 1.82) is 0 Å². The normalized spacial score (nSPS) is 13.1. The van der Waals surface area contributed by atoms with Crippen LogP contribution in [0.5, 0.6) is 0 Å². The van der Waals surface area contributed by atoms with Crippen molar-refractivity contribution in [3.05, 3.63) is 0 Å². The van der Waals surface area contributed by atoms with E-state index in [9.17, 15) is 4.79 Å². The van der Waals surface area contributed by atoms with Crippen LogP contribution in [-0.2, 0) is 4.79 Å². The van der Waals surface area contributed by atoms with E-state index in [0.29, 0.717) is 18.4 Å². The van der Waals surface area contributed by atoms with E-state index in [2.05, 4.69) is 33.0 Å². The second-order valence-corrected chi connectivity index (χ2v) is 3.70. The number of rotatable bonds is 5. The van der Waals surface area contributed by atoms with Crippen molar-refractivity contribution >= 4 is 5.91 Å². The summed E-state index contributed by atoms with van der Waals surface area (Å²) in [5.74, 6) is 0.716. The topological polar surface area (TPSA) is 29.1 Å². The third-order valence-corrected chi connectivity index (χ3v) is 2.15. The molecular weight excluding hydrogens is 150 g/mol. The Morgan fingerprint density at radius 3 is 2.33 bits per heavy atom. The van der Waals surface area contributed by atoms with E-state index in [-0.39, 0.29) is 5.91 Å². The largest absolute Gasteiger partial charge is 0.353 e. The van der Waals surface area contributed by atoms with E-state index in [1.54, 1.807) is 0 Å². The summed E-state index contributed by atoms with van der Waals surface area (Å²) in [4.78, 5) is 11.2. The maximum Gasteiger partial charge on any atom is 0.220 e. The molecule has 12 heavy (non-hydrogen) atoms. The first-order valence-electron chi connectivity index (χ1n) is 4.87. The first kappa shape index (κ1) is 11.5. The molecule has 0 saturated heterocycles. The average molecular weight is 171 g/mol. The quantitative estimate of drug-likeness (QED) is 0.676. The number of carbonyl (C=O) groups is 1. The van der Waals surface area contributed by atoms with E-state index in [4.69, 9.17) is 0 Å². The highest BCUT2D eigenvalue weighted by molar-refractivity contribution is 5.76. The van der Waals surface area contributed by atoms with Gasteiger partial charge >= 0.3 is 0 Å². The van der Waals surface area contributed by atoms with Crippen LogP contribution in [0.15, 0.2) is 0 Å². The highest BCUT2D eigenvalue weighted by Crippen LogP contribution is 2.01. The molecule has 1 atom stereocenters. The standard InChI is InChI=1S/C10H21NO/c1-5-6-7-10(12)11-9(4)8(2)3/h8-9H,5-7H2,1-4H3,(H,11,12). The molecule has 0 fully saturated rings. The Bertz CT molecular complexity index is 132. The molecule has 0 aromatic carbocycles. The zero-order chi connectivity index (χ0) is 9.56. The molecule has 1 unspecified atom stereocenters. The zero-order valence-electron chi connectivity index (χ0n) is 8.68. The third-order valence-electron chi connectivity index (χ3n) is 2.15. The van der Waals surface area contributed by atoms with Crippen molar-refractivity contribution in [3.8, 4) is 0 Å². The molecule has 2 nitrogen and oxygen atoms in total. The van der Waals surface area contributed by atoms with Crippen molar-refractivity contribution in [2.75, 3.05) is 0 Å². The van der Waals surface area contributed by atoms with Gasteiger partial charge in [0.2, 0.25) is 5.91 Å². The van der Waals surface area contributed by atoms with Gasteiger partial charge in [0.05, 0.1) is 0 Å². The summed E-state index contributed by atoms with van der Waals surface area (Å²) in [6.07, 6.45) is 2.76. The fraction of sp³-hybridized carbons (Fsp3) is 0.900. The lowest BCUT2D eigenvalue weighted by Gasteiger charge is -2.17. The van der Waals surface area contributed by atoms with Crippen LogP contribution in [0.2, 0.25) is 0 Å². The average Bonchev–Trinajstić information content (AvgIpc) is 2.00. The molecule has 0 saturated carbocycles. The smallest absolute Gasteiger partial charge is 0.220 e. The maximum atomic E-state index is 11.2. The van der Waals surface area contributed by atoms with Crippen molar-refractivity contribution in [2.24, 2.45) is 5.92 Å². The molecule has 0 aromatic rings. The lowest BCUT2D eigenvalue weighted by molar-refractivity contribution is -0.122. The Morgan fingerprint density at radius 2 is 1.92 bits per heavy atom. The molecule has 0 aromatic heterocycles. The highest BCUT2D eigenvalue weighted by Gasteiger charge is 2.09. The molecule has 72 valence electrons. The van der Waals surface area contributed by atoms with Gasteiger partial charge in [0, 0.05) is 12.5 Å². The van der Waals surface area contributed by atoms with E-state index in [1.807, 2.05) is 0 Å². The van der Waals surface area contributed by atoms with E-state index < -0.39 is 0 Å². The molecule has 1 amide bonds. The summed E-state index contributed by atoms with van der Waals surface area (Å²) in [5.41, 5.74) is 0. The number of nitrogens with one attached hydrogen (secondary N) is 1. The maximum absolute atomic E-state index is 11.2. The fourth-order valence-electron chi connectivity index (χ4n) is 0.830. The SMILES string of the molecule is CCCCC(=O)NC(C)C(C)C. The van der Waals surface area contributed by atoms with Crippen molar-refractivity contribution < 1.29 is 4.79 Å². The van der Waals surface area contributed by atoms with Crippen LogP contribution in [0, 0.1) is 5.92 Å². The Morgan fingerprint density at radius 1 is 1.33 bits per heavy atom. The molecule has 0 spiro atoms.